The van der Waals surface area contributed by atoms with Crippen LogP contribution in [0.4, 0.5) is 0 Å². The van der Waals surface area contributed by atoms with Crippen molar-refractivity contribution >= 4 is 23.2 Å². The second-order valence-corrected chi connectivity index (χ2v) is 6.98. The van der Waals surface area contributed by atoms with E-state index in [4.69, 9.17) is 27.9 Å². The largest absolute Gasteiger partial charge is 0.475 e. The number of rotatable bonds is 7. The third-order valence-corrected chi connectivity index (χ3v) is 4.66. The summed E-state index contributed by atoms with van der Waals surface area (Å²) in [4.78, 5) is 4.19. The van der Waals surface area contributed by atoms with Gasteiger partial charge in [0.15, 0.2) is 0 Å². The SMILES string of the molecule is CC(Oc1ccc(Cl)c(Cl)c1CN(C)C)N(C)Cc1ccccc1. The van der Waals surface area contributed by atoms with Crippen LogP contribution in [0.5, 0.6) is 5.75 Å². The summed E-state index contributed by atoms with van der Waals surface area (Å²) in [5, 5.41) is 1.10. The Morgan fingerprint density at radius 2 is 1.62 bits per heavy atom. The molecule has 5 heteroatoms. The molecule has 0 aliphatic rings. The number of hydrogen-bond acceptors (Lipinski definition) is 3. The van der Waals surface area contributed by atoms with Crippen molar-refractivity contribution in [1.82, 2.24) is 9.80 Å². The van der Waals surface area contributed by atoms with Gasteiger partial charge in [0, 0.05) is 18.7 Å². The molecule has 24 heavy (non-hydrogen) atoms. The van der Waals surface area contributed by atoms with Crippen LogP contribution in [0.3, 0.4) is 0 Å². The molecule has 0 saturated heterocycles. The Labute approximate surface area is 154 Å². The topological polar surface area (TPSA) is 15.7 Å². The molecule has 3 nitrogen and oxygen atoms in total. The van der Waals surface area contributed by atoms with Crippen LogP contribution in [-0.2, 0) is 13.1 Å². The van der Waals surface area contributed by atoms with Crippen molar-refractivity contribution in [2.75, 3.05) is 21.1 Å². The van der Waals surface area contributed by atoms with Gasteiger partial charge in [-0.1, -0.05) is 53.5 Å². The minimum atomic E-state index is -0.0941. The maximum atomic E-state index is 6.38. The van der Waals surface area contributed by atoms with E-state index in [-0.39, 0.29) is 6.23 Å². The maximum absolute atomic E-state index is 6.38. The number of hydrogen-bond donors (Lipinski definition) is 0. The molecular weight excluding hydrogens is 343 g/mol. The molecule has 0 aromatic heterocycles. The van der Waals surface area contributed by atoms with Gasteiger partial charge in [0.05, 0.1) is 10.0 Å². The summed E-state index contributed by atoms with van der Waals surface area (Å²) < 4.78 is 6.17. The number of benzene rings is 2. The quantitative estimate of drug-likeness (QED) is 0.647. The predicted molar refractivity (Wildman–Crippen MR) is 102 cm³/mol. The van der Waals surface area contributed by atoms with E-state index in [0.29, 0.717) is 16.6 Å². The zero-order valence-electron chi connectivity index (χ0n) is 14.6. The van der Waals surface area contributed by atoms with Crippen LogP contribution in [0.25, 0.3) is 0 Å². The molecule has 0 N–H and O–H groups in total. The van der Waals surface area contributed by atoms with Crippen molar-refractivity contribution in [3.8, 4) is 5.75 Å². The van der Waals surface area contributed by atoms with Gasteiger partial charge in [-0.3, -0.25) is 4.90 Å². The molecule has 0 fully saturated rings. The Kier molecular flexibility index (Phi) is 6.93. The minimum absolute atomic E-state index is 0.0941. The lowest BCUT2D eigenvalue weighted by Crippen LogP contribution is -2.33. The summed E-state index contributed by atoms with van der Waals surface area (Å²) in [6.07, 6.45) is -0.0941. The monoisotopic (exact) mass is 366 g/mol. The zero-order valence-corrected chi connectivity index (χ0v) is 16.1. The normalized spacial score (nSPS) is 12.7. The highest BCUT2D eigenvalue weighted by molar-refractivity contribution is 6.42. The summed E-state index contributed by atoms with van der Waals surface area (Å²) in [5.41, 5.74) is 2.16. The van der Waals surface area contributed by atoms with E-state index in [9.17, 15) is 0 Å². The molecule has 0 aliphatic heterocycles. The van der Waals surface area contributed by atoms with Gasteiger partial charge in [-0.2, -0.15) is 0 Å². The first-order valence-electron chi connectivity index (χ1n) is 7.91. The fourth-order valence-electron chi connectivity index (χ4n) is 2.42. The highest BCUT2D eigenvalue weighted by Crippen LogP contribution is 2.34. The predicted octanol–water partition coefficient (Wildman–Crippen LogP) is 4.91. The highest BCUT2D eigenvalue weighted by Gasteiger charge is 2.17. The smallest absolute Gasteiger partial charge is 0.149 e. The zero-order chi connectivity index (χ0) is 17.7. The number of halogens is 2. The average Bonchev–Trinajstić information content (AvgIpc) is 2.55. The molecule has 1 atom stereocenters. The fraction of sp³-hybridized carbons (Fsp3) is 0.368. The molecule has 1 unspecified atom stereocenters. The third kappa shape index (κ3) is 5.12. The lowest BCUT2D eigenvalue weighted by atomic mass is 10.2. The minimum Gasteiger partial charge on any atom is -0.475 e. The summed E-state index contributed by atoms with van der Waals surface area (Å²) in [6.45, 7) is 3.51. The van der Waals surface area contributed by atoms with Crippen molar-refractivity contribution in [3.05, 3.63) is 63.6 Å². The van der Waals surface area contributed by atoms with Gasteiger partial charge >= 0.3 is 0 Å². The summed E-state index contributed by atoms with van der Waals surface area (Å²) in [7, 11) is 6.03. The molecule has 130 valence electrons. The molecule has 2 aromatic rings. The highest BCUT2D eigenvalue weighted by atomic mass is 35.5. The molecule has 0 radical (unpaired) electrons. The second-order valence-electron chi connectivity index (χ2n) is 6.19. The van der Waals surface area contributed by atoms with E-state index < -0.39 is 0 Å². The van der Waals surface area contributed by atoms with Crippen LogP contribution in [0.2, 0.25) is 10.0 Å². The maximum Gasteiger partial charge on any atom is 0.149 e. The van der Waals surface area contributed by atoms with E-state index in [0.717, 1.165) is 17.9 Å². The van der Waals surface area contributed by atoms with E-state index in [1.54, 1.807) is 6.07 Å². The van der Waals surface area contributed by atoms with E-state index in [2.05, 4.69) is 17.0 Å². The molecule has 2 rings (SSSR count). The van der Waals surface area contributed by atoms with Gasteiger partial charge in [0.25, 0.3) is 0 Å². The van der Waals surface area contributed by atoms with Crippen LogP contribution < -0.4 is 4.74 Å². The van der Waals surface area contributed by atoms with Crippen molar-refractivity contribution in [2.24, 2.45) is 0 Å². The van der Waals surface area contributed by atoms with E-state index in [1.165, 1.54) is 5.56 Å². The van der Waals surface area contributed by atoms with Crippen LogP contribution in [0.15, 0.2) is 42.5 Å². The van der Waals surface area contributed by atoms with Crippen molar-refractivity contribution < 1.29 is 4.74 Å². The summed E-state index contributed by atoms with van der Waals surface area (Å²) in [5.74, 6) is 0.769. The molecule has 0 spiro atoms. The summed E-state index contributed by atoms with van der Waals surface area (Å²) >= 11 is 12.5. The second kappa shape index (κ2) is 8.72. The van der Waals surface area contributed by atoms with Gasteiger partial charge < -0.3 is 9.64 Å². The van der Waals surface area contributed by atoms with Crippen molar-refractivity contribution in [3.63, 3.8) is 0 Å². The van der Waals surface area contributed by atoms with Crippen molar-refractivity contribution in [1.29, 1.82) is 0 Å². The molecule has 2 aromatic carbocycles. The van der Waals surface area contributed by atoms with Crippen molar-refractivity contribution in [2.45, 2.75) is 26.2 Å². The molecule has 0 bridgehead atoms. The van der Waals surface area contributed by atoms with Gasteiger partial charge in [-0.05, 0) is 45.8 Å². The molecule has 0 saturated carbocycles. The molecule has 0 heterocycles. The van der Waals surface area contributed by atoms with Gasteiger partial charge in [0.2, 0.25) is 0 Å². The van der Waals surface area contributed by atoms with Crippen LogP contribution >= 0.6 is 23.2 Å². The third-order valence-electron chi connectivity index (χ3n) is 3.82. The van der Waals surface area contributed by atoms with Gasteiger partial charge in [-0.15, -0.1) is 0 Å². The number of ether oxygens (including phenoxy) is 1. The first-order valence-corrected chi connectivity index (χ1v) is 8.66. The first kappa shape index (κ1) is 19.1. The van der Waals surface area contributed by atoms with Crippen LogP contribution in [0, 0.1) is 0 Å². The fourth-order valence-corrected chi connectivity index (χ4v) is 2.82. The number of nitrogens with zero attached hydrogens (tertiary/aromatic N) is 2. The standard InChI is InChI=1S/C19H24Cl2N2O/c1-14(23(4)12-15-8-6-5-7-9-15)24-18-11-10-17(20)19(21)16(18)13-22(2)3/h5-11,14H,12-13H2,1-4H3. The molecule has 0 amide bonds. The van der Waals surface area contributed by atoms with E-state index >= 15 is 0 Å². The Balaban J connectivity index is 2.13. The average molecular weight is 367 g/mol. The Hall–Kier alpha value is -1.26. The van der Waals surface area contributed by atoms with Crippen LogP contribution in [0.1, 0.15) is 18.1 Å². The summed E-state index contributed by atoms with van der Waals surface area (Å²) in [6, 6.07) is 14.0. The van der Waals surface area contributed by atoms with Gasteiger partial charge in [-0.25, -0.2) is 0 Å². The molecular formula is C19H24Cl2N2O. The lowest BCUT2D eigenvalue weighted by molar-refractivity contribution is 0.0537. The Morgan fingerprint density at radius 1 is 0.958 bits per heavy atom. The van der Waals surface area contributed by atoms with E-state index in [1.807, 2.05) is 57.2 Å². The lowest BCUT2D eigenvalue weighted by Gasteiger charge is -2.27. The Bertz CT molecular complexity index is 662. The molecule has 0 aliphatic carbocycles. The van der Waals surface area contributed by atoms with Crippen LogP contribution in [-0.4, -0.2) is 37.2 Å². The Morgan fingerprint density at radius 3 is 2.25 bits per heavy atom. The van der Waals surface area contributed by atoms with Gasteiger partial charge in [0.1, 0.15) is 12.0 Å². The first-order chi connectivity index (χ1) is 11.4.